The van der Waals surface area contributed by atoms with Gasteiger partial charge in [-0.15, -0.1) is 0 Å². The lowest BCUT2D eigenvalue weighted by molar-refractivity contribution is 0.584. The first-order valence-corrected chi connectivity index (χ1v) is 4.83. The number of nitrogens with two attached hydrogens (primary N) is 1. The predicted molar refractivity (Wildman–Crippen MR) is 61.7 cm³/mol. The van der Waals surface area contributed by atoms with E-state index in [1.54, 1.807) is 12.1 Å². The summed E-state index contributed by atoms with van der Waals surface area (Å²) in [6, 6.07) is 6.47. The molecule has 4 nitrogen and oxygen atoms in total. The highest BCUT2D eigenvalue weighted by Crippen LogP contribution is 2.20. The fourth-order valence-corrected chi connectivity index (χ4v) is 1.38. The number of halogens is 2. The largest absolute Gasteiger partial charge is 0.355 e. The van der Waals surface area contributed by atoms with Crippen molar-refractivity contribution < 1.29 is 8.78 Å². The highest BCUT2D eigenvalue weighted by Gasteiger charge is 2.01. The predicted octanol–water partition coefficient (Wildman–Crippen LogP) is 2.39. The van der Waals surface area contributed by atoms with Crippen LogP contribution in [0.3, 0.4) is 0 Å². The highest BCUT2D eigenvalue weighted by molar-refractivity contribution is 5.62. The number of rotatable bonds is 3. The van der Waals surface area contributed by atoms with E-state index >= 15 is 0 Å². The van der Waals surface area contributed by atoms with Gasteiger partial charge in [0.1, 0.15) is 17.5 Å². The number of hydrazine groups is 1. The first-order valence-electron chi connectivity index (χ1n) is 4.83. The zero-order valence-corrected chi connectivity index (χ0v) is 8.74. The second kappa shape index (κ2) is 4.75. The van der Waals surface area contributed by atoms with Crippen LogP contribution in [-0.2, 0) is 0 Å². The molecule has 1 heterocycles. The van der Waals surface area contributed by atoms with E-state index in [2.05, 4.69) is 15.7 Å². The van der Waals surface area contributed by atoms with Gasteiger partial charge in [0.2, 0.25) is 0 Å². The lowest BCUT2D eigenvalue weighted by Crippen LogP contribution is -2.08. The fourth-order valence-electron chi connectivity index (χ4n) is 1.38. The molecule has 0 fully saturated rings. The number of nitrogen functional groups attached to an aromatic ring is 1. The molecule has 1 aromatic carbocycles. The smallest absolute Gasteiger partial charge is 0.141 e. The van der Waals surface area contributed by atoms with Crippen molar-refractivity contribution in [3.8, 4) is 0 Å². The molecular weight excluding hydrogens is 226 g/mol. The number of aromatic nitrogens is 1. The van der Waals surface area contributed by atoms with E-state index in [0.29, 0.717) is 17.2 Å². The Balaban J connectivity index is 2.24. The molecule has 1 aromatic heterocycles. The molecule has 0 amide bonds. The average molecular weight is 236 g/mol. The van der Waals surface area contributed by atoms with Crippen LogP contribution < -0.4 is 16.6 Å². The topological polar surface area (TPSA) is 63.0 Å². The van der Waals surface area contributed by atoms with Crippen molar-refractivity contribution in [1.29, 1.82) is 0 Å². The summed E-state index contributed by atoms with van der Waals surface area (Å²) >= 11 is 0. The minimum Gasteiger partial charge on any atom is -0.355 e. The van der Waals surface area contributed by atoms with Crippen molar-refractivity contribution in [1.82, 2.24) is 4.98 Å². The zero-order chi connectivity index (χ0) is 12.3. The van der Waals surface area contributed by atoms with Crippen LogP contribution >= 0.6 is 0 Å². The molecule has 0 saturated carbocycles. The molecule has 0 unspecified atom stereocenters. The maximum atomic E-state index is 13.0. The number of pyridine rings is 1. The molecule has 0 atom stereocenters. The molecule has 6 heteroatoms. The summed E-state index contributed by atoms with van der Waals surface area (Å²) in [6.45, 7) is 0. The molecule has 88 valence electrons. The van der Waals surface area contributed by atoms with Crippen LogP contribution in [0.1, 0.15) is 0 Å². The Morgan fingerprint density at radius 3 is 2.35 bits per heavy atom. The van der Waals surface area contributed by atoms with Crippen LogP contribution in [0.4, 0.5) is 26.0 Å². The standard InChI is InChI=1S/C11H10F2N4/c12-7-3-8(13)5-10(4-7)16-9-1-2-15-11(6-9)17-14/h1-6H,14H2,(H2,15,16,17). The monoisotopic (exact) mass is 236 g/mol. The number of hydrogen-bond donors (Lipinski definition) is 3. The molecule has 0 aliphatic heterocycles. The molecule has 4 N–H and O–H groups in total. The van der Waals surface area contributed by atoms with Crippen LogP contribution in [0.5, 0.6) is 0 Å². The molecule has 0 saturated heterocycles. The second-order valence-electron chi connectivity index (χ2n) is 3.36. The summed E-state index contributed by atoms with van der Waals surface area (Å²) in [6.07, 6.45) is 1.52. The van der Waals surface area contributed by atoms with Gasteiger partial charge < -0.3 is 10.7 Å². The Labute approximate surface area is 96.4 Å². The fraction of sp³-hybridized carbons (Fsp3) is 0. The normalized spacial score (nSPS) is 10.1. The van der Waals surface area contributed by atoms with E-state index in [0.717, 1.165) is 6.07 Å². The van der Waals surface area contributed by atoms with Crippen LogP contribution in [-0.4, -0.2) is 4.98 Å². The quantitative estimate of drug-likeness (QED) is 0.565. The molecule has 2 rings (SSSR count). The summed E-state index contributed by atoms with van der Waals surface area (Å²) in [5.74, 6) is 4.37. The van der Waals surface area contributed by atoms with Gasteiger partial charge in [-0.2, -0.15) is 0 Å². The first kappa shape index (κ1) is 11.3. The van der Waals surface area contributed by atoms with E-state index in [1.165, 1.54) is 18.3 Å². The van der Waals surface area contributed by atoms with Crippen LogP contribution in [0.2, 0.25) is 0 Å². The number of nitrogens with zero attached hydrogens (tertiary/aromatic N) is 1. The van der Waals surface area contributed by atoms with Gasteiger partial charge in [-0.25, -0.2) is 19.6 Å². The van der Waals surface area contributed by atoms with Gasteiger partial charge in [0, 0.05) is 29.7 Å². The molecule has 0 radical (unpaired) electrons. The Morgan fingerprint density at radius 1 is 1.00 bits per heavy atom. The summed E-state index contributed by atoms with van der Waals surface area (Å²) < 4.78 is 25.9. The average Bonchev–Trinajstić information content (AvgIpc) is 2.28. The summed E-state index contributed by atoms with van der Waals surface area (Å²) in [7, 11) is 0. The maximum Gasteiger partial charge on any atom is 0.141 e. The molecule has 0 bridgehead atoms. The second-order valence-corrected chi connectivity index (χ2v) is 3.36. The first-order chi connectivity index (χ1) is 8.17. The SMILES string of the molecule is NNc1cc(Nc2cc(F)cc(F)c2)ccn1. The van der Waals surface area contributed by atoms with Crippen molar-refractivity contribution in [3.05, 3.63) is 48.2 Å². The van der Waals surface area contributed by atoms with Gasteiger partial charge in [0.05, 0.1) is 0 Å². The highest BCUT2D eigenvalue weighted by atomic mass is 19.1. The van der Waals surface area contributed by atoms with Crippen molar-refractivity contribution in [2.75, 3.05) is 10.7 Å². The molecule has 0 aliphatic carbocycles. The number of anilines is 3. The molecule has 17 heavy (non-hydrogen) atoms. The minimum atomic E-state index is -0.640. The van der Waals surface area contributed by atoms with Crippen LogP contribution in [0, 0.1) is 11.6 Å². The van der Waals surface area contributed by atoms with Gasteiger partial charge in [0.25, 0.3) is 0 Å². The van der Waals surface area contributed by atoms with Crippen molar-refractivity contribution in [3.63, 3.8) is 0 Å². The van der Waals surface area contributed by atoms with Crippen molar-refractivity contribution in [2.45, 2.75) is 0 Å². The van der Waals surface area contributed by atoms with Gasteiger partial charge in [-0.1, -0.05) is 0 Å². The Kier molecular flexibility index (Phi) is 3.15. The van der Waals surface area contributed by atoms with E-state index in [9.17, 15) is 8.78 Å². The third kappa shape index (κ3) is 2.88. The van der Waals surface area contributed by atoms with E-state index in [-0.39, 0.29) is 0 Å². The van der Waals surface area contributed by atoms with Crippen molar-refractivity contribution >= 4 is 17.2 Å². The maximum absolute atomic E-state index is 13.0. The van der Waals surface area contributed by atoms with Gasteiger partial charge in [0.15, 0.2) is 0 Å². The van der Waals surface area contributed by atoms with Crippen molar-refractivity contribution in [2.24, 2.45) is 5.84 Å². The third-order valence-electron chi connectivity index (χ3n) is 2.06. The minimum absolute atomic E-state index is 0.316. The van der Waals surface area contributed by atoms with E-state index in [4.69, 9.17) is 5.84 Å². The third-order valence-corrected chi connectivity index (χ3v) is 2.06. The molecule has 2 aromatic rings. The molecule has 0 spiro atoms. The Bertz CT molecular complexity index is 510. The van der Waals surface area contributed by atoms with Gasteiger partial charge in [-0.3, -0.25) is 0 Å². The van der Waals surface area contributed by atoms with Crippen LogP contribution in [0.15, 0.2) is 36.5 Å². The van der Waals surface area contributed by atoms with Gasteiger partial charge >= 0.3 is 0 Å². The number of nitrogens with one attached hydrogen (secondary N) is 2. The number of benzene rings is 1. The lowest BCUT2D eigenvalue weighted by atomic mass is 10.3. The van der Waals surface area contributed by atoms with E-state index in [1.807, 2.05) is 0 Å². The molecule has 0 aliphatic rings. The van der Waals surface area contributed by atoms with Gasteiger partial charge in [-0.05, 0) is 18.2 Å². The molecular formula is C11H10F2N4. The Morgan fingerprint density at radius 2 is 1.71 bits per heavy atom. The van der Waals surface area contributed by atoms with Crippen LogP contribution in [0.25, 0.3) is 0 Å². The summed E-state index contributed by atoms with van der Waals surface area (Å²) in [5, 5.41) is 2.84. The van der Waals surface area contributed by atoms with E-state index < -0.39 is 11.6 Å². The number of hydrogen-bond acceptors (Lipinski definition) is 4. The Hall–Kier alpha value is -2.21. The zero-order valence-electron chi connectivity index (χ0n) is 8.74. The lowest BCUT2D eigenvalue weighted by Gasteiger charge is -2.07. The summed E-state index contributed by atoms with van der Waals surface area (Å²) in [4.78, 5) is 3.91. The summed E-state index contributed by atoms with van der Waals surface area (Å²) in [5.41, 5.74) is 3.32.